The van der Waals surface area contributed by atoms with Crippen LogP contribution in [0.2, 0.25) is 0 Å². The molecule has 0 aromatic heterocycles. The highest BCUT2D eigenvalue weighted by atomic mass is 16.5. The van der Waals surface area contributed by atoms with Crippen LogP contribution in [-0.2, 0) is 4.74 Å². The summed E-state index contributed by atoms with van der Waals surface area (Å²) < 4.78 is 4.54. The van der Waals surface area contributed by atoms with Crippen LogP contribution in [0.15, 0.2) is 18.2 Å². The molecule has 74 valence electrons. The molecule has 0 unspecified atom stereocenters. The van der Waals surface area contributed by atoms with Crippen LogP contribution in [0.4, 0.5) is 0 Å². The van der Waals surface area contributed by atoms with E-state index in [1.807, 2.05) is 26.8 Å². The minimum Gasteiger partial charge on any atom is -0.465 e. The van der Waals surface area contributed by atoms with Gasteiger partial charge in [-0.05, 0) is 13.0 Å². The van der Waals surface area contributed by atoms with E-state index < -0.39 is 5.97 Å². The fourth-order valence-corrected chi connectivity index (χ4v) is 0.978. The third-order valence-corrected chi connectivity index (χ3v) is 1.61. The fraction of sp³-hybridized carbons (Fsp3) is 0.364. The number of benzene rings is 1. The number of hydrogen-bond donors (Lipinski definition) is 0. The highest BCUT2D eigenvalue weighted by Crippen LogP contribution is 2.00. The van der Waals surface area contributed by atoms with Gasteiger partial charge in [-0.1, -0.05) is 37.0 Å². The Morgan fingerprint density at radius 3 is 2.36 bits per heavy atom. The smallest absolute Gasteiger partial charge is 0.337 e. The van der Waals surface area contributed by atoms with Gasteiger partial charge in [-0.25, -0.2) is 4.79 Å². The molecule has 0 aliphatic heterocycles. The van der Waals surface area contributed by atoms with Crippen molar-refractivity contribution in [3.05, 3.63) is 29.3 Å². The minimum absolute atomic E-state index is 0.396. The topological polar surface area (TPSA) is 26.3 Å². The zero-order valence-corrected chi connectivity index (χ0v) is 9.13. The number of hydrogen-bond acceptors (Lipinski definition) is 2. The van der Waals surface area contributed by atoms with Gasteiger partial charge in [-0.2, -0.15) is 0 Å². The maximum Gasteiger partial charge on any atom is 0.337 e. The Morgan fingerprint density at radius 2 is 1.93 bits per heavy atom. The van der Waals surface area contributed by atoms with E-state index in [9.17, 15) is 4.79 Å². The Morgan fingerprint density at radius 1 is 1.36 bits per heavy atom. The van der Waals surface area contributed by atoms with Crippen molar-refractivity contribution in [3.8, 4) is 0 Å². The second kappa shape index (κ2) is 6.25. The van der Waals surface area contributed by atoms with Gasteiger partial charge >= 0.3 is 5.97 Å². The van der Waals surface area contributed by atoms with E-state index in [0.29, 0.717) is 11.0 Å². The van der Waals surface area contributed by atoms with Gasteiger partial charge in [0.15, 0.2) is 0 Å². The number of carbonyl (C=O) groups excluding carboxylic acids is 1. The van der Waals surface area contributed by atoms with Crippen molar-refractivity contribution < 1.29 is 9.53 Å². The van der Waals surface area contributed by atoms with Gasteiger partial charge in [-0.15, -0.1) is 0 Å². The van der Waals surface area contributed by atoms with E-state index in [1.165, 1.54) is 7.11 Å². The monoisotopic (exact) mass is 190 g/mol. The first-order valence-corrected chi connectivity index (χ1v) is 4.59. The van der Waals surface area contributed by atoms with Crippen molar-refractivity contribution in [1.82, 2.24) is 0 Å². The highest BCUT2D eigenvalue weighted by molar-refractivity contribution is 6.36. The first-order valence-electron chi connectivity index (χ1n) is 4.59. The largest absolute Gasteiger partial charge is 0.465 e. The predicted molar refractivity (Wildman–Crippen MR) is 59.3 cm³/mol. The van der Waals surface area contributed by atoms with E-state index >= 15 is 0 Å². The molecule has 0 aliphatic rings. The van der Waals surface area contributed by atoms with E-state index in [1.54, 1.807) is 12.1 Å². The number of ether oxygens (including phenoxy) is 1. The molecule has 0 fully saturated rings. The molecule has 3 heteroatoms. The molecule has 0 saturated heterocycles. The van der Waals surface area contributed by atoms with Crippen molar-refractivity contribution >= 4 is 19.3 Å². The summed E-state index contributed by atoms with van der Waals surface area (Å²) >= 11 is 0. The van der Waals surface area contributed by atoms with Crippen LogP contribution in [0.1, 0.15) is 29.8 Å². The lowest BCUT2D eigenvalue weighted by molar-refractivity contribution is 0.0602. The molecule has 1 aromatic carbocycles. The lowest BCUT2D eigenvalue weighted by atomic mass is 9.89. The van der Waals surface area contributed by atoms with Crippen LogP contribution in [-0.4, -0.2) is 20.9 Å². The van der Waals surface area contributed by atoms with Crippen LogP contribution in [0.5, 0.6) is 0 Å². The minimum atomic E-state index is -0.396. The Hall–Kier alpha value is -1.25. The summed E-state index contributed by atoms with van der Waals surface area (Å²) in [5.41, 5.74) is 1.91. The average Bonchev–Trinajstić information content (AvgIpc) is 2.20. The van der Waals surface area contributed by atoms with Gasteiger partial charge < -0.3 is 4.74 Å². The van der Waals surface area contributed by atoms with Gasteiger partial charge in [0.1, 0.15) is 7.85 Å². The standard InChI is InChI=1S/C9H9BO2.C2H6/c1-6-3-4-7(8(10)5-6)9(11)12-2;1-2/h3-5H,1-2H3;1-2H3. The summed E-state index contributed by atoms with van der Waals surface area (Å²) in [5, 5.41) is 0. The number of esters is 1. The highest BCUT2D eigenvalue weighted by Gasteiger charge is 2.06. The normalized spacial score (nSPS) is 8.57. The van der Waals surface area contributed by atoms with Crippen LogP contribution < -0.4 is 5.46 Å². The molecular weight excluding hydrogens is 175 g/mol. The Balaban J connectivity index is 0.000000791. The molecule has 2 nitrogen and oxygen atoms in total. The summed E-state index contributed by atoms with van der Waals surface area (Å²) in [4.78, 5) is 11.0. The Kier molecular flexibility index (Phi) is 5.69. The number of rotatable bonds is 1. The molecule has 0 spiro atoms. The van der Waals surface area contributed by atoms with Gasteiger partial charge in [-0.3, -0.25) is 0 Å². The Bertz CT molecular complexity index is 308. The van der Waals surface area contributed by atoms with Crippen molar-refractivity contribution in [2.75, 3.05) is 7.11 Å². The van der Waals surface area contributed by atoms with Crippen molar-refractivity contribution in [2.45, 2.75) is 20.8 Å². The lowest BCUT2D eigenvalue weighted by Gasteiger charge is -2.03. The third-order valence-electron chi connectivity index (χ3n) is 1.61. The molecule has 0 atom stereocenters. The molecule has 14 heavy (non-hydrogen) atoms. The molecule has 0 amide bonds. The number of methoxy groups -OCH3 is 1. The van der Waals surface area contributed by atoms with Gasteiger partial charge in [0.25, 0.3) is 0 Å². The predicted octanol–water partition coefficient (Wildman–Crippen LogP) is 1.60. The first-order chi connectivity index (χ1) is 6.65. The van der Waals surface area contributed by atoms with E-state index in [0.717, 1.165) is 5.56 Å². The summed E-state index contributed by atoms with van der Waals surface area (Å²) in [6.07, 6.45) is 0. The molecule has 2 radical (unpaired) electrons. The zero-order chi connectivity index (χ0) is 11.1. The van der Waals surface area contributed by atoms with E-state index in [4.69, 9.17) is 7.85 Å². The zero-order valence-electron chi connectivity index (χ0n) is 9.13. The second-order valence-electron chi connectivity index (χ2n) is 2.58. The van der Waals surface area contributed by atoms with Gasteiger partial charge in [0.05, 0.1) is 12.7 Å². The molecule has 0 N–H and O–H groups in total. The average molecular weight is 190 g/mol. The van der Waals surface area contributed by atoms with Crippen LogP contribution in [0.25, 0.3) is 0 Å². The van der Waals surface area contributed by atoms with Crippen LogP contribution in [0, 0.1) is 6.92 Å². The summed E-state index contributed by atoms with van der Waals surface area (Å²) in [6, 6.07) is 5.23. The molecule has 1 aromatic rings. The molecule has 0 bridgehead atoms. The SMILES string of the molecule is CC.[B]c1cc(C)ccc1C(=O)OC. The number of aryl methyl sites for hydroxylation is 1. The third kappa shape index (κ3) is 3.25. The quantitative estimate of drug-likeness (QED) is 0.496. The molecule has 0 heterocycles. The first kappa shape index (κ1) is 12.8. The van der Waals surface area contributed by atoms with Gasteiger partial charge in [0, 0.05) is 0 Å². The van der Waals surface area contributed by atoms with Crippen LogP contribution >= 0.6 is 0 Å². The van der Waals surface area contributed by atoms with Crippen molar-refractivity contribution in [1.29, 1.82) is 0 Å². The molecule has 0 aliphatic carbocycles. The summed E-state index contributed by atoms with van der Waals surface area (Å²) in [5.74, 6) is -0.396. The Labute approximate surface area is 86.7 Å². The van der Waals surface area contributed by atoms with Crippen molar-refractivity contribution in [2.24, 2.45) is 0 Å². The lowest BCUT2D eigenvalue weighted by Crippen LogP contribution is -2.17. The maximum atomic E-state index is 11.0. The van der Waals surface area contributed by atoms with Gasteiger partial charge in [0.2, 0.25) is 0 Å². The molecular formula is C11H15BO2. The molecule has 0 saturated carbocycles. The van der Waals surface area contributed by atoms with E-state index in [2.05, 4.69) is 4.74 Å². The maximum absolute atomic E-state index is 11.0. The summed E-state index contributed by atoms with van der Waals surface area (Å²) in [6.45, 7) is 5.91. The van der Waals surface area contributed by atoms with Crippen molar-refractivity contribution in [3.63, 3.8) is 0 Å². The second-order valence-corrected chi connectivity index (χ2v) is 2.58. The van der Waals surface area contributed by atoms with Crippen LogP contribution in [0.3, 0.4) is 0 Å². The molecule has 1 rings (SSSR count). The number of carbonyl (C=O) groups is 1. The fourth-order valence-electron chi connectivity index (χ4n) is 0.978. The van der Waals surface area contributed by atoms with E-state index in [-0.39, 0.29) is 0 Å². The summed E-state index contributed by atoms with van der Waals surface area (Å²) in [7, 11) is 6.93.